The number of nitrogens with zero attached hydrogens (tertiary/aromatic N) is 3. The minimum absolute atomic E-state index is 0. The van der Waals surface area contributed by atoms with Crippen LogP contribution in [0.3, 0.4) is 0 Å². The number of aromatic nitrogens is 3. The summed E-state index contributed by atoms with van der Waals surface area (Å²) in [6.07, 6.45) is 7.00. The second-order valence-corrected chi connectivity index (χ2v) is 6.89. The van der Waals surface area contributed by atoms with Gasteiger partial charge in [-0.2, -0.15) is 0 Å². The molecule has 0 spiro atoms. The molecule has 3 N–H and O–H groups in total. The number of halogens is 2. The Kier molecular flexibility index (Phi) is 7.43. The Labute approximate surface area is 187 Å². The normalized spacial score (nSPS) is 10.7. The highest BCUT2D eigenvalue weighted by molar-refractivity contribution is 6.31. The first-order valence-corrected chi connectivity index (χ1v) is 9.69. The molecule has 1 amide bonds. The summed E-state index contributed by atoms with van der Waals surface area (Å²) < 4.78 is 18.9. The molecule has 9 heteroatoms. The van der Waals surface area contributed by atoms with Crippen LogP contribution in [0, 0.1) is 5.82 Å². The van der Waals surface area contributed by atoms with Crippen LogP contribution in [0.15, 0.2) is 67.0 Å². The Bertz CT molecular complexity index is 1270. The van der Waals surface area contributed by atoms with E-state index < -0.39 is 11.7 Å². The van der Waals surface area contributed by atoms with Gasteiger partial charge >= 0.3 is 0 Å². The van der Waals surface area contributed by atoms with E-state index in [0.717, 1.165) is 5.56 Å². The third-order valence-corrected chi connectivity index (χ3v) is 4.54. The van der Waals surface area contributed by atoms with Crippen molar-refractivity contribution in [2.75, 3.05) is 11.9 Å². The van der Waals surface area contributed by atoms with E-state index in [0.29, 0.717) is 22.4 Å². The SMILES string of the molecule is O.O=C(COc1nc2ccccc2nc1/C=C\c1ccncc1)Nc1ccc(F)c(Cl)c1. The zero-order valence-electron chi connectivity index (χ0n) is 16.6. The van der Waals surface area contributed by atoms with Crippen LogP contribution in [0.25, 0.3) is 23.2 Å². The molecule has 0 aliphatic heterocycles. The Morgan fingerprint density at radius 3 is 2.47 bits per heavy atom. The zero-order valence-corrected chi connectivity index (χ0v) is 17.4. The van der Waals surface area contributed by atoms with Crippen LogP contribution in [0.2, 0.25) is 5.02 Å². The Balaban J connectivity index is 0.00000289. The molecule has 0 fully saturated rings. The number of carbonyl (C=O) groups is 1. The maximum absolute atomic E-state index is 13.3. The maximum atomic E-state index is 13.3. The first-order valence-electron chi connectivity index (χ1n) is 9.31. The van der Waals surface area contributed by atoms with E-state index in [1.54, 1.807) is 18.5 Å². The molecule has 2 heterocycles. The van der Waals surface area contributed by atoms with E-state index in [-0.39, 0.29) is 23.0 Å². The second-order valence-electron chi connectivity index (χ2n) is 6.48. The number of carbonyl (C=O) groups excluding carboxylic acids is 1. The average Bonchev–Trinajstić information content (AvgIpc) is 2.79. The van der Waals surface area contributed by atoms with Gasteiger partial charge in [0, 0.05) is 18.1 Å². The summed E-state index contributed by atoms with van der Waals surface area (Å²) in [6, 6.07) is 15.0. The lowest BCUT2D eigenvalue weighted by molar-refractivity contribution is -0.118. The van der Waals surface area contributed by atoms with Gasteiger partial charge in [0.15, 0.2) is 6.61 Å². The summed E-state index contributed by atoms with van der Waals surface area (Å²) in [6.45, 7) is -0.307. The topological polar surface area (TPSA) is 108 Å². The Morgan fingerprint density at radius 2 is 1.75 bits per heavy atom. The highest BCUT2D eigenvalue weighted by Crippen LogP contribution is 2.22. The number of ether oxygens (including phenoxy) is 1. The predicted octanol–water partition coefficient (Wildman–Crippen LogP) is 4.18. The molecule has 0 aliphatic carbocycles. The fourth-order valence-electron chi connectivity index (χ4n) is 2.77. The van der Waals surface area contributed by atoms with Crippen molar-refractivity contribution in [3.63, 3.8) is 0 Å². The van der Waals surface area contributed by atoms with Crippen molar-refractivity contribution in [1.82, 2.24) is 15.0 Å². The molecule has 0 unspecified atom stereocenters. The van der Waals surface area contributed by atoms with E-state index >= 15 is 0 Å². The average molecular weight is 453 g/mol. The third kappa shape index (κ3) is 5.63. The van der Waals surface area contributed by atoms with Crippen LogP contribution < -0.4 is 10.1 Å². The predicted molar refractivity (Wildman–Crippen MR) is 122 cm³/mol. The maximum Gasteiger partial charge on any atom is 0.262 e. The van der Waals surface area contributed by atoms with Crippen molar-refractivity contribution in [2.45, 2.75) is 0 Å². The van der Waals surface area contributed by atoms with Gasteiger partial charge in [-0.3, -0.25) is 9.78 Å². The smallest absolute Gasteiger partial charge is 0.262 e. The van der Waals surface area contributed by atoms with Crippen LogP contribution in [0.1, 0.15) is 11.3 Å². The standard InChI is InChI=1S/C23H16ClFN4O2.H2O/c24-17-13-16(6-7-18(17)25)27-22(30)14-31-23-21(8-5-15-9-11-26-12-10-15)28-19-3-1-2-4-20(19)29-23;/h1-13H,14H2,(H,27,30);1H2/b8-5-;. The molecule has 2 aromatic heterocycles. The molecule has 0 atom stereocenters. The Morgan fingerprint density at radius 1 is 1.03 bits per heavy atom. The monoisotopic (exact) mass is 452 g/mol. The molecular formula is C23H18ClFN4O3. The summed E-state index contributed by atoms with van der Waals surface area (Å²) in [5.74, 6) is -0.786. The number of benzene rings is 2. The van der Waals surface area contributed by atoms with Gasteiger partial charge in [0.25, 0.3) is 5.91 Å². The highest BCUT2D eigenvalue weighted by atomic mass is 35.5. The van der Waals surface area contributed by atoms with E-state index in [2.05, 4.69) is 20.3 Å². The van der Waals surface area contributed by atoms with Crippen molar-refractivity contribution >= 4 is 46.4 Å². The van der Waals surface area contributed by atoms with E-state index in [4.69, 9.17) is 16.3 Å². The van der Waals surface area contributed by atoms with Gasteiger partial charge in [0.1, 0.15) is 11.5 Å². The molecule has 0 saturated carbocycles. The molecule has 0 radical (unpaired) electrons. The number of para-hydroxylation sites is 2. The van der Waals surface area contributed by atoms with Crippen molar-refractivity contribution in [3.05, 3.63) is 89.1 Å². The van der Waals surface area contributed by atoms with Crippen molar-refractivity contribution in [3.8, 4) is 5.88 Å². The van der Waals surface area contributed by atoms with Crippen LogP contribution in [0.5, 0.6) is 5.88 Å². The number of amides is 1. The Hall–Kier alpha value is -3.88. The molecular weight excluding hydrogens is 435 g/mol. The van der Waals surface area contributed by atoms with Gasteiger partial charge in [-0.05, 0) is 54.1 Å². The van der Waals surface area contributed by atoms with Gasteiger partial charge in [0.2, 0.25) is 5.88 Å². The van der Waals surface area contributed by atoms with Gasteiger partial charge in [-0.15, -0.1) is 0 Å². The number of anilines is 1. The van der Waals surface area contributed by atoms with Gasteiger partial charge in [0.05, 0.1) is 16.1 Å². The molecule has 162 valence electrons. The molecule has 0 bridgehead atoms. The number of hydrogen-bond acceptors (Lipinski definition) is 5. The molecule has 0 saturated heterocycles. The molecule has 7 nitrogen and oxygen atoms in total. The van der Waals surface area contributed by atoms with Gasteiger partial charge < -0.3 is 15.5 Å². The fraction of sp³-hybridized carbons (Fsp3) is 0.0435. The third-order valence-electron chi connectivity index (χ3n) is 4.25. The highest BCUT2D eigenvalue weighted by Gasteiger charge is 2.11. The van der Waals surface area contributed by atoms with E-state index in [1.165, 1.54) is 18.2 Å². The zero-order chi connectivity index (χ0) is 21.6. The summed E-state index contributed by atoms with van der Waals surface area (Å²) >= 11 is 5.74. The first-order chi connectivity index (χ1) is 15.1. The molecule has 32 heavy (non-hydrogen) atoms. The lowest BCUT2D eigenvalue weighted by Crippen LogP contribution is -2.21. The summed E-state index contributed by atoms with van der Waals surface area (Å²) in [7, 11) is 0. The molecule has 0 aliphatic rings. The molecule has 4 aromatic rings. The van der Waals surface area contributed by atoms with Crippen molar-refractivity contribution in [2.24, 2.45) is 0 Å². The van der Waals surface area contributed by atoms with Crippen LogP contribution in [0.4, 0.5) is 10.1 Å². The van der Waals surface area contributed by atoms with Gasteiger partial charge in [-0.1, -0.05) is 29.8 Å². The second kappa shape index (κ2) is 10.4. The number of rotatable bonds is 6. The lowest BCUT2D eigenvalue weighted by Gasteiger charge is -2.10. The first kappa shape index (κ1) is 22.8. The summed E-state index contributed by atoms with van der Waals surface area (Å²) in [4.78, 5) is 25.4. The van der Waals surface area contributed by atoms with Crippen LogP contribution >= 0.6 is 11.6 Å². The van der Waals surface area contributed by atoms with Crippen LogP contribution in [-0.4, -0.2) is 32.9 Å². The molecule has 4 rings (SSSR count). The van der Waals surface area contributed by atoms with Crippen molar-refractivity contribution < 1.29 is 19.4 Å². The lowest BCUT2D eigenvalue weighted by atomic mass is 10.2. The number of nitrogens with one attached hydrogen (secondary N) is 1. The minimum Gasteiger partial charge on any atom is -0.466 e. The van der Waals surface area contributed by atoms with Gasteiger partial charge in [-0.25, -0.2) is 14.4 Å². The quantitative estimate of drug-likeness (QED) is 0.472. The van der Waals surface area contributed by atoms with E-state index in [1.807, 2.05) is 42.5 Å². The fourth-order valence-corrected chi connectivity index (χ4v) is 2.95. The number of hydrogen-bond donors (Lipinski definition) is 1. The summed E-state index contributed by atoms with van der Waals surface area (Å²) in [5, 5.41) is 2.53. The summed E-state index contributed by atoms with van der Waals surface area (Å²) in [5.41, 5.74) is 3.12. The number of pyridine rings is 1. The minimum atomic E-state index is -0.562. The largest absolute Gasteiger partial charge is 0.466 e. The van der Waals surface area contributed by atoms with Crippen molar-refractivity contribution in [1.29, 1.82) is 0 Å². The molecule has 2 aromatic carbocycles. The number of fused-ring (bicyclic) bond motifs is 1. The van der Waals surface area contributed by atoms with Crippen LogP contribution in [-0.2, 0) is 4.79 Å². The van der Waals surface area contributed by atoms with E-state index in [9.17, 15) is 9.18 Å².